The zero-order chi connectivity index (χ0) is 26.5. The van der Waals surface area contributed by atoms with Crippen molar-refractivity contribution in [2.75, 3.05) is 13.6 Å². The summed E-state index contributed by atoms with van der Waals surface area (Å²) < 4.78 is 0. The molecule has 37 heavy (non-hydrogen) atoms. The Morgan fingerprint density at radius 1 is 1.08 bits per heavy atom. The molecule has 1 aromatic heterocycles. The Balaban J connectivity index is 0.00000267. The van der Waals surface area contributed by atoms with Gasteiger partial charge in [0.25, 0.3) is 0 Å². The van der Waals surface area contributed by atoms with Crippen LogP contribution in [0.4, 0.5) is 0 Å². The Morgan fingerprint density at radius 2 is 1.84 bits per heavy atom. The smallest absolute Gasteiger partial charge is 0.246 e. The average Bonchev–Trinajstić information content (AvgIpc) is 3.61. The summed E-state index contributed by atoms with van der Waals surface area (Å²) in [7, 11) is 1.75. The molecule has 2 aromatic rings. The Labute approximate surface area is 227 Å². The lowest BCUT2D eigenvalue weighted by atomic mass is 9.83. The maximum atomic E-state index is 13.9. The van der Waals surface area contributed by atoms with Crippen LogP contribution in [0.15, 0.2) is 29.6 Å². The van der Waals surface area contributed by atoms with Crippen LogP contribution in [-0.4, -0.2) is 53.2 Å². The van der Waals surface area contributed by atoms with E-state index >= 15 is 0 Å². The predicted octanol–water partition coefficient (Wildman–Crippen LogP) is 5.33. The van der Waals surface area contributed by atoms with Crippen molar-refractivity contribution in [1.82, 2.24) is 20.5 Å². The van der Waals surface area contributed by atoms with Gasteiger partial charge in [0.05, 0.1) is 12.1 Å². The second-order valence-corrected chi connectivity index (χ2v) is 11.7. The molecule has 0 bridgehead atoms. The van der Waals surface area contributed by atoms with Gasteiger partial charge in [0.2, 0.25) is 17.6 Å². The van der Waals surface area contributed by atoms with Crippen LogP contribution in [0.1, 0.15) is 107 Å². The summed E-state index contributed by atoms with van der Waals surface area (Å²) >= 11 is 1.45. The van der Waals surface area contributed by atoms with Gasteiger partial charge in [0.15, 0.2) is 0 Å². The second kappa shape index (κ2) is 12.3. The molecule has 7 nitrogen and oxygen atoms in total. The summed E-state index contributed by atoms with van der Waals surface area (Å²) in [5.74, 6) is 0.239. The van der Waals surface area contributed by atoms with Crippen molar-refractivity contribution >= 4 is 28.9 Å². The van der Waals surface area contributed by atoms with Crippen molar-refractivity contribution in [3.05, 3.63) is 51.5 Å². The maximum absolute atomic E-state index is 13.9. The number of hydrogen-bond donors (Lipinski definition) is 2. The fraction of sp³-hybridized carbons (Fsp3) is 0.586. The van der Waals surface area contributed by atoms with E-state index in [0.29, 0.717) is 23.7 Å². The highest BCUT2D eigenvalue weighted by molar-refractivity contribution is 7.10. The second-order valence-electron chi connectivity index (χ2n) is 10.8. The maximum Gasteiger partial charge on any atom is 0.246 e. The van der Waals surface area contributed by atoms with Gasteiger partial charge < -0.3 is 15.5 Å². The normalized spacial score (nSPS) is 20.1. The highest BCUT2D eigenvalue weighted by atomic mass is 32.1. The minimum Gasteiger partial charge on any atom is -0.343 e. The predicted molar refractivity (Wildman–Crippen MR) is 151 cm³/mol. The number of benzene rings is 1. The van der Waals surface area contributed by atoms with Gasteiger partial charge in [-0.1, -0.05) is 51.3 Å². The first-order valence-corrected chi connectivity index (χ1v) is 14.6. The third kappa shape index (κ3) is 6.29. The van der Waals surface area contributed by atoms with Crippen LogP contribution in [0.5, 0.6) is 0 Å². The van der Waals surface area contributed by atoms with E-state index in [1.54, 1.807) is 14.0 Å². The van der Waals surface area contributed by atoms with E-state index in [1.807, 2.05) is 34.5 Å². The first-order valence-electron chi connectivity index (χ1n) is 13.7. The molecule has 1 saturated heterocycles. The number of likely N-dealkylation sites (N-methyl/N-ethyl adjacent to an activating group) is 1. The van der Waals surface area contributed by atoms with Crippen molar-refractivity contribution in [2.45, 2.75) is 89.8 Å². The number of hydrogen-bond acceptors (Lipinski definition) is 6. The zero-order valence-corrected chi connectivity index (χ0v) is 23.3. The van der Waals surface area contributed by atoms with E-state index in [1.165, 1.54) is 17.8 Å². The molecule has 3 atom stereocenters. The average molecular weight is 529 g/mol. The van der Waals surface area contributed by atoms with E-state index in [0.717, 1.165) is 49.1 Å². The molecule has 1 saturated carbocycles. The van der Waals surface area contributed by atoms with E-state index < -0.39 is 6.04 Å². The van der Waals surface area contributed by atoms with Crippen LogP contribution in [0.2, 0.25) is 0 Å². The number of ketones is 1. The molecule has 0 spiro atoms. The van der Waals surface area contributed by atoms with Crippen molar-refractivity contribution in [2.24, 2.45) is 5.92 Å². The van der Waals surface area contributed by atoms with Gasteiger partial charge in [0.1, 0.15) is 16.7 Å². The molecule has 0 radical (unpaired) electrons. The number of likely N-dealkylation sites (tertiary alicyclic amines) is 1. The first kappa shape index (κ1) is 27.5. The minimum atomic E-state index is -0.524. The number of carbonyl (C=O) groups excluding carboxylic acids is 3. The molecule has 0 unspecified atom stereocenters. The van der Waals surface area contributed by atoms with Crippen molar-refractivity contribution in [3.63, 3.8) is 0 Å². The molecule has 2 N–H and O–H groups in total. The quantitative estimate of drug-likeness (QED) is 0.430. The minimum absolute atomic E-state index is 0. The molecule has 2 heterocycles. The highest BCUT2D eigenvalue weighted by Crippen LogP contribution is 2.36. The van der Waals surface area contributed by atoms with Crippen LogP contribution in [0.3, 0.4) is 0 Å². The molecule has 204 valence electrons. The Bertz CT molecular complexity index is 1120. The van der Waals surface area contributed by atoms with E-state index in [4.69, 9.17) is 4.98 Å². The molecule has 4 rings (SSSR count). The molecule has 1 aromatic carbocycles. The molecular formula is C29H44N4O3S. The Kier molecular flexibility index (Phi) is 9.13. The van der Waals surface area contributed by atoms with Gasteiger partial charge in [-0.05, 0) is 63.1 Å². The van der Waals surface area contributed by atoms with Crippen LogP contribution in [0.25, 0.3) is 0 Å². The number of amides is 2. The number of thiazole rings is 1. The van der Waals surface area contributed by atoms with Gasteiger partial charge >= 0.3 is 0 Å². The van der Waals surface area contributed by atoms with E-state index in [9.17, 15) is 14.4 Å². The third-order valence-corrected chi connectivity index (χ3v) is 8.85. The summed E-state index contributed by atoms with van der Waals surface area (Å²) in [5.41, 5.74) is 2.19. The number of nitrogens with one attached hydrogen (secondary N) is 2. The van der Waals surface area contributed by atoms with E-state index in [2.05, 4.69) is 24.5 Å². The fourth-order valence-corrected chi connectivity index (χ4v) is 6.40. The third-order valence-electron chi connectivity index (χ3n) is 7.90. The lowest BCUT2D eigenvalue weighted by Crippen LogP contribution is -2.55. The highest BCUT2D eigenvalue weighted by Gasteiger charge is 2.40. The summed E-state index contributed by atoms with van der Waals surface area (Å²) in [5, 5.41) is 8.67. The topological polar surface area (TPSA) is 91.4 Å². The number of nitrogens with zero attached hydrogens (tertiary/aromatic N) is 2. The number of rotatable bonds is 9. The summed E-state index contributed by atoms with van der Waals surface area (Å²) in [6.07, 6.45) is 6.96. The summed E-state index contributed by atoms with van der Waals surface area (Å²) in [4.78, 5) is 46.6. The Hall–Kier alpha value is -2.58. The zero-order valence-electron chi connectivity index (χ0n) is 22.5. The van der Waals surface area contributed by atoms with Gasteiger partial charge in [-0.15, -0.1) is 11.3 Å². The molecule has 1 aliphatic heterocycles. The lowest BCUT2D eigenvalue weighted by Gasteiger charge is -2.35. The number of carbonyl (C=O) groups is 3. The number of aromatic nitrogens is 1. The molecular weight excluding hydrogens is 484 g/mol. The van der Waals surface area contributed by atoms with Crippen LogP contribution < -0.4 is 10.6 Å². The van der Waals surface area contributed by atoms with Crippen LogP contribution in [0, 0.1) is 5.92 Å². The van der Waals surface area contributed by atoms with Crippen molar-refractivity contribution < 1.29 is 17.2 Å². The van der Waals surface area contributed by atoms with E-state index in [-0.39, 0.29) is 38.5 Å². The van der Waals surface area contributed by atoms with Gasteiger partial charge in [-0.25, -0.2) is 4.98 Å². The van der Waals surface area contributed by atoms with Crippen LogP contribution >= 0.6 is 11.3 Å². The molecule has 8 heteroatoms. The first-order chi connectivity index (χ1) is 17.8. The summed E-state index contributed by atoms with van der Waals surface area (Å²) in [6, 6.07) is 6.68. The van der Waals surface area contributed by atoms with Gasteiger partial charge in [-0.3, -0.25) is 14.4 Å². The van der Waals surface area contributed by atoms with Crippen LogP contribution in [-0.2, 0) is 9.59 Å². The largest absolute Gasteiger partial charge is 0.343 e. The van der Waals surface area contributed by atoms with Gasteiger partial charge in [-0.2, -0.15) is 0 Å². The summed E-state index contributed by atoms with van der Waals surface area (Å²) in [6.45, 7) is 6.67. The standard InChI is InChI=1S/C29H40N4O3S.2H2/c1-18(2)21-12-8-13-22(16-21)26(34)23-17-37-28(31-23)24-14-9-15-33(24)29(36)25(20-10-6-5-7-11-20)32-27(35)19(3)30-4;;/h8,12-13,16-20,24-25,30H,5-7,9-11,14-15H2,1-4H3,(H,32,35);2*1H/t19-,24-,25-;;/m0../s1. The molecule has 2 amide bonds. The van der Waals surface area contributed by atoms with Crippen molar-refractivity contribution in [1.29, 1.82) is 0 Å². The lowest BCUT2D eigenvalue weighted by molar-refractivity contribution is -0.139. The molecule has 1 aliphatic carbocycles. The molecule has 2 aliphatic rings. The SMILES string of the molecule is CN[C@@H](C)C(=O)N[C@H](C(=O)N1CCC[C@H]1c1nc(C(=O)c2cccc(C(C)C)c2)cs1)C1CCCCC1.[HH].[HH]. The van der Waals surface area contributed by atoms with Crippen molar-refractivity contribution in [3.8, 4) is 0 Å². The fourth-order valence-electron chi connectivity index (χ4n) is 5.46. The monoisotopic (exact) mass is 528 g/mol. The molecule has 2 fully saturated rings. The Morgan fingerprint density at radius 3 is 2.54 bits per heavy atom. The van der Waals surface area contributed by atoms with Gasteiger partial charge in [0, 0.05) is 20.3 Å².